The van der Waals surface area contributed by atoms with Crippen molar-refractivity contribution < 1.29 is 14.0 Å². The van der Waals surface area contributed by atoms with Crippen LogP contribution in [0.3, 0.4) is 0 Å². The van der Waals surface area contributed by atoms with Crippen LogP contribution in [0, 0.1) is 5.82 Å². The summed E-state index contributed by atoms with van der Waals surface area (Å²) in [6, 6.07) is 11.4. The number of amides is 2. The molecule has 7 nitrogen and oxygen atoms in total. The van der Waals surface area contributed by atoms with E-state index in [1.54, 1.807) is 18.2 Å². The van der Waals surface area contributed by atoms with Crippen molar-refractivity contribution in [2.75, 3.05) is 42.9 Å². The fourth-order valence-electron chi connectivity index (χ4n) is 4.03. The summed E-state index contributed by atoms with van der Waals surface area (Å²) >= 11 is 6.23. The summed E-state index contributed by atoms with van der Waals surface area (Å²) in [6.45, 7) is 6.99. The summed E-state index contributed by atoms with van der Waals surface area (Å²) in [5.74, 6) is -0.879. The lowest BCUT2D eigenvalue weighted by Gasteiger charge is -2.36. The van der Waals surface area contributed by atoms with E-state index in [0.717, 1.165) is 44.0 Å². The second-order valence-electron chi connectivity index (χ2n) is 8.16. The Morgan fingerprint density at radius 3 is 2.52 bits per heavy atom. The first kappa shape index (κ1) is 23.2. The zero-order valence-corrected chi connectivity index (χ0v) is 19.3. The van der Waals surface area contributed by atoms with Gasteiger partial charge in [-0.15, -0.1) is 0 Å². The van der Waals surface area contributed by atoms with Crippen molar-refractivity contribution in [3.63, 3.8) is 0 Å². The third kappa shape index (κ3) is 5.69. The van der Waals surface area contributed by atoms with Gasteiger partial charge in [-0.2, -0.15) is 5.10 Å². The van der Waals surface area contributed by atoms with E-state index in [9.17, 15) is 14.0 Å². The predicted octanol–water partition coefficient (Wildman–Crippen LogP) is 3.74. The van der Waals surface area contributed by atoms with Gasteiger partial charge in [-0.3, -0.25) is 9.59 Å². The van der Waals surface area contributed by atoms with Gasteiger partial charge in [0.05, 0.1) is 17.9 Å². The largest absolute Gasteiger partial charge is 0.367 e. The number of nitrogens with zero attached hydrogens (tertiary/aromatic N) is 4. The molecule has 174 valence electrons. The number of rotatable bonds is 6. The van der Waals surface area contributed by atoms with Crippen molar-refractivity contribution in [2.45, 2.75) is 26.3 Å². The van der Waals surface area contributed by atoms with Crippen LogP contribution in [0.4, 0.5) is 15.8 Å². The van der Waals surface area contributed by atoms with E-state index in [1.807, 2.05) is 12.1 Å². The molecule has 0 aromatic heterocycles. The molecule has 2 heterocycles. The zero-order chi connectivity index (χ0) is 23.4. The van der Waals surface area contributed by atoms with E-state index in [2.05, 4.69) is 27.1 Å². The molecule has 4 rings (SSSR count). The molecule has 0 radical (unpaired) electrons. The van der Waals surface area contributed by atoms with Gasteiger partial charge in [0.1, 0.15) is 11.5 Å². The molecule has 0 bridgehead atoms. The topological polar surface area (TPSA) is 68.2 Å². The number of benzene rings is 2. The third-order valence-corrected chi connectivity index (χ3v) is 6.21. The fraction of sp³-hybridized carbons (Fsp3) is 0.375. The first-order chi connectivity index (χ1) is 15.9. The fourth-order valence-corrected chi connectivity index (χ4v) is 4.21. The minimum atomic E-state index is -0.359. The Morgan fingerprint density at radius 2 is 1.82 bits per heavy atom. The van der Waals surface area contributed by atoms with Gasteiger partial charge in [0.25, 0.3) is 5.91 Å². The van der Waals surface area contributed by atoms with Gasteiger partial charge >= 0.3 is 0 Å². The van der Waals surface area contributed by atoms with Crippen LogP contribution in [-0.2, 0) is 16.1 Å². The summed E-state index contributed by atoms with van der Waals surface area (Å²) in [7, 11) is 0. The van der Waals surface area contributed by atoms with Crippen molar-refractivity contribution in [1.29, 1.82) is 0 Å². The molecule has 33 heavy (non-hydrogen) atoms. The molecule has 1 N–H and O–H groups in total. The van der Waals surface area contributed by atoms with E-state index in [-0.39, 0.29) is 42.7 Å². The van der Waals surface area contributed by atoms with Gasteiger partial charge in [0, 0.05) is 44.0 Å². The van der Waals surface area contributed by atoms with Crippen LogP contribution in [0.2, 0.25) is 5.02 Å². The van der Waals surface area contributed by atoms with Gasteiger partial charge in [-0.05, 0) is 42.4 Å². The molecule has 0 spiro atoms. The minimum Gasteiger partial charge on any atom is -0.367 e. The van der Waals surface area contributed by atoms with Crippen LogP contribution in [0.25, 0.3) is 0 Å². The maximum atomic E-state index is 13.2. The first-order valence-electron chi connectivity index (χ1n) is 11.1. The maximum Gasteiger partial charge on any atom is 0.271 e. The molecule has 1 fully saturated rings. The van der Waals surface area contributed by atoms with Crippen molar-refractivity contribution in [3.8, 4) is 0 Å². The number of hydrogen-bond acceptors (Lipinski definition) is 5. The monoisotopic (exact) mass is 471 g/mol. The number of carbonyl (C=O) groups is 2. The molecule has 2 amide bonds. The average molecular weight is 472 g/mol. The number of likely N-dealkylation sites (N-methyl/N-ethyl adjacent to an activating group) is 1. The Kier molecular flexibility index (Phi) is 7.25. The SMILES string of the molecule is CCN1CCN(c2ccc(Cl)cc2NC(=O)C2=NN(Cc3ccc(F)cc3)C(=O)CC2)CC1. The van der Waals surface area contributed by atoms with Crippen LogP contribution >= 0.6 is 11.6 Å². The first-order valence-corrected chi connectivity index (χ1v) is 11.5. The van der Waals surface area contributed by atoms with Crippen LogP contribution in [0.1, 0.15) is 25.3 Å². The van der Waals surface area contributed by atoms with Crippen molar-refractivity contribution in [1.82, 2.24) is 9.91 Å². The number of halogens is 2. The lowest BCUT2D eigenvalue weighted by molar-refractivity contribution is -0.132. The van der Waals surface area contributed by atoms with Gasteiger partial charge in [-0.25, -0.2) is 9.40 Å². The second-order valence-corrected chi connectivity index (χ2v) is 8.60. The predicted molar refractivity (Wildman–Crippen MR) is 128 cm³/mol. The van der Waals surface area contributed by atoms with Gasteiger partial charge in [0.15, 0.2) is 0 Å². The molecule has 2 aliphatic rings. The molecule has 0 aliphatic carbocycles. The number of carbonyl (C=O) groups excluding carboxylic acids is 2. The number of hydrogen-bond donors (Lipinski definition) is 1. The lowest BCUT2D eigenvalue weighted by atomic mass is 10.1. The molecule has 2 aromatic carbocycles. The highest BCUT2D eigenvalue weighted by Gasteiger charge is 2.26. The Morgan fingerprint density at radius 1 is 1.09 bits per heavy atom. The standard InChI is InChI=1S/C24H27ClFN5O2/c1-2-29-11-13-30(14-12-29)22-9-5-18(25)15-21(22)27-24(33)20-8-10-23(32)31(28-20)16-17-3-6-19(26)7-4-17/h3-7,9,15H,2,8,10-14,16H2,1H3,(H,27,33). The highest BCUT2D eigenvalue weighted by Crippen LogP contribution is 2.30. The molecule has 2 aromatic rings. The van der Waals surface area contributed by atoms with Gasteiger partial charge in [0.2, 0.25) is 5.91 Å². The molecule has 0 atom stereocenters. The van der Waals surface area contributed by atoms with Crippen LogP contribution in [0.15, 0.2) is 47.6 Å². The Bertz CT molecular complexity index is 1050. The third-order valence-electron chi connectivity index (χ3n) is 5.98. The molecule has 9 heteroatoms. The summed E-state index contributed by atoms with van der Waals surface area (Å²) < 4.78 is 13.2. The second kappa shape index (κ2) is 10.3. The molecule has 0 unspecified atom stereocenters. The van der Waals surface area contributed by atoms with Crippen molar-refractivity contribution >= 4 is 40.5 Å². The number of piperazine rings is 1. The smallest absolute Gasteiger partial charge is 0.271 e. The molecule has 2 aliphatic heterocycles. The van der Waals surface area contributed by atoms with Gasteiger partial charge < -0.3 is 15.1 Å². The summed E-state index contributed by atoms with van der Waals surface area (Å²) in [5.41, 5.74) is 2.55. The maximum absolute atomic E-state index is 13.2. The molecule has 0 saturated carbocycles. The Balaban J connectivity index is 1.49. The average Bonchev–Trinajstić information content (AvgIpc) is 2.82. The quantitative estimate of drug-likeness (QED) is 0.697. The van der Waals surface area contributed by atoms with Gasteiger partial charge in [-0.1, -0.05) is 30.7 Å². The van der Waals surface area contributed by atoms with E-state index in [1.165, 1.54) is 17.1 Å². The van der Waals surface area contributed by atoms with E-state index < -0.39 is 0 Å². The van der Waals surface area contributed by atoms with Crippen LogP contribution in [0.5, 0.6) is 0 Å². The van der Waals surface area contributed by atoms with E-state index in [4.69, 9.17) is 11.6 Å². The van der Waals surface area contributed by atoms with Crippen LogP contribution in [-0.4, -0.2) is 60.2 Å². The Hall–Kier alpha value is -2.97. The normalized spacial score (nSPS) is 17.2. The Labute approximate surface area is 197 Å². The van der Waals surface area contributed by atoms with E-state index in [0.29, 0.717) is 10.7 Å². The number of nitrogens with one attached hydrogen (secondary N) is 1. The van der Waals surface area contributed by atoms with Crippen molar-refractivity contribution in [3.05, 3.63) is 58.9 Å². The molecule has 1 saturated heterocycles. The highest BCUT2D eigenvalue weighted by atomic mass is 35.5. The lowest BCUT2D eigenvalue weighted by Crippen LogP contribution is -2.46. The van der Waals surface area contributed by atoms with Crippen molar-refractivity contribution in [2.24, 2.45) is 5.10 Å². The minimum absolute atomic E-state index is 0.173. The molecular formula is C24H27ClFN5O2. The number of hydrazone groups is 1. The van der Waals surface area contributed by atoms with Crippen LogP contribution < -0.4 is 10.2 Å². The molecular weight excluding hydrogens is 445 g/mol. The zero-order valence-electron chi connectivity index (χ0n) is 18.6. The highest BCUT2D eigenvalue weighted by molar-refractivity contribution is 6.44. The summed E-state index contributed by atoms with van der Waals surface area (Å²) in [6.07, 6.45) is 0.449. The number of anilines is 2. The summed E-state index contributed by atoms with van der Waals surface area (Å²) in [5, 5.41) is 9.06. The summed E-state index contributed by atoms with van der Waals surface area (Å²) in [4.78, 5) is 30.0. The van der Waals surface area contributed by atoms with E-state index >= 15 is 0 Å².